The number of amides is 1. The van der Waals surface area contributed by atoms with Crippen LogP contribution in [0.1, 0.15) is 29.3 Å². The second-order valence-corrected chi connectivity index (χ2v) is 7.59. The van der Waals surface area contributed by atoms with E-state index in [2.05, 4.69) is 10.5 Å². The van der Waals surface area contributed by atoms with Crippen molar-refractivity contribution >= 4 is 17.8 Å². The third-order valence-electron chi connectivity index (χ3n) is 5.05. The molecule has 0 fully saturated rings. The van der Waals surface area contributed by atoms with Crippen LogP contribution in [0.3, 0.4) is 0 Å². The normalized spacial score (nSPS) is 10.9. The Bertz CT molecular complexity index is 1350. The van der Waals surface area contributed by atoms with Gasteiger partial charge in [-0.25, -0.2) is 10.1 Å². The van der Waals surface area contributed by atoms with E-state index < -0.39 is 10.8 Å². The number of hydrazone groups is 1. The molecule has 0 bridgehead atoms. The van der Waals surface area contributed by atoms with Crippen molar-refractivity contribution < 1.29 is 14.5 Å². The van der Waals surface area contributed by atoms with Crippen LogP contribution < -0.4 is 10.2 Å². The molecule has 176 valence electrons. The van der Waals surface area contributed by atoms with E-state index in [1.807, 2.05) is 67.7 Å². The molecule has 0 aliphatic rings. The fraction of sp³-hybridized carbons (Fsp3) is 0.115. The van der Waals surface area contributed by atoms with E-state index >= 15 is 0 Å². The van der Waals surface area contributed by atoms with E-state index in [0.717, 1.165) is 23.4 Å². The summed E-state index contributed by atoms with van der Waals surface area (Å²) in [5.74, 6) is 0.219. The number of nitrogens with zero attached hydrogens (tertiary/aromatic N) is 4. The van der Waals surface area contributed by atoms with Gasteiger partial charge in [0.05, 0.1) is 23.4 Å². The summed E-state index contributed by atoms with van der Waals surface area (Å²) in [5.41, 5.74) is 5.47. The molecular formula is C26H23N5O4. The van der Waals surface area contributed by atoms with Crippen molar-refractivity contribution in [1.82, 2.24) is 15.2 Å². The third-order valence-corrected chi connectivity index (χ3v) is 5.05. The molecule has 1 heterocycles. The lowest BCUT2D eigenvalue weighted by Crippen LogP contribution is -2.17. The zero-order valence-corrected chi connectivity index (χ0v) is 19.0. The molecule has 1 N–H and O–H groups in total. The Hall–Kier alpha value is -4.79. The van der Waals surface area contributed by atoms with E-state index in [1.54, 1.807) is 4.68 Å². The fourth-order valence-electron chi connectivity index (χ4n) is 3.33. The minimum Gasteiger partial charge on any atom is -0.494 e. The Morgan fingerprint density at radius 2 is 1.89 bits per heavy atom. The lowest BCUT2D eigenvalue weighted by Gasteiger charge is -2.05. The number of non-ortho nitro benzene ring substituents is 1. The molecule has 0 saturated heterocycles. The average Bonchev–Trinajstić information content (AvgIpc) is 3.32. The van der Waals surface area contributed by atoms with Crippen LogP contribution in [0.15, 0.2) is 90.2 Å². The maximum atomic E-state index is 12.4. The first-order chi connectivity index (χ1) is 17.0. The van der Waals surface area contributed by atoms with Crippen molar-refractivity contribution in [1.29, 1.82) is 0 Å². The average molecular weight is 470 g/mol. The van der Waals surface area contributed by atoms with Gasteiger partial charge in [0.2, 0.25) is 0 Å². The van der Waals surface area contributed by atoms with Gasteiger partial charge in [-0.15, -0.1) is 0 Å². The van der Waals surface area contributed by atoms with E-state index in [0.29, 0.717) is 17.9 Å². The highest BCUT2D eigenvalue weighted by Gasteiger charge is 2.13. The minimum atomic E-state index is -0.556. The summed E-state index contributed by atoms with van der Waals surface area (Å²) in [6.45, 7) is 2.69. The van der Waals surface area contributed by atoms with Gasteiger partial charge in [0.25, 0.3) is 11.6 Å². The number of carbonyl (C=O) groups is 1. The van der Waals surface area contributed by atoms with Gasteiger partial charge in [0, 0.05) is 35.0 Å². The van der Waals surface area contributed by atoms with Crippen molar-refractivity contribution in [2.24, 2.45) is 5.10 Å². The molecule has 9 heteroatoms. The van der Waals surface area contributed by atoms with Crippen LogP contribution in [0.2, 0.25) is 0 Å². The number of hydrogen-bond acceptors (Lipinski definition) is 6. The van der Waals surface area contributed by atoms with Gasteiger partial charge in [-0.1, -0.05) is 31.2 Å². The third kappa shape index (κ3) is 5.77. The topological polar surface area (TPSA) is 112 Å². The fourth-order valence-corrected chi connectivity index (χ4v) is 3.33. The molecule has 35 heavy (non-hydrogen) atoms. The largest absolute Gasteiger partial charge is 0.494 e. The van der Waals surface area contributed by atoms with E-state index in [1.165, 1.54) is 30.5 Å². The quantitative estimate of drug-likeness (QED) is 0.211. The summed E-state index contributed by atoms with van der Waals surface area (Å²) < 4.78 is 7.40. The van der Waals surface area contributed by atoms with E-state index in [-0.39, 0.29) is 11.3 Å². The Labute approximate surface area is 201 Å². The Balaban J connectivity index is 1.60. The molecule has 4 aromatic rings. The van der Waals surface area contributed by atoms with Gasteiger partial charge in [-0.3, -0.25) is 14.9 Å². The number of nitrogens with one attached hydrogen (secondary N) is 1. The monoisotopic (exact) mass is 469 g/mol. The number of benzene rings is 3. The lowest BCUT2D eigenvalue weighted by atomic mass is 10.1. The number of nitro benzene ring substituents is 1. The number of ether oxygens (including phenoxy) is 1. The minimum absolute atomic E-state index is 0.138. The summed E-state index contributed by atoms with van der Waals surface area (Å²) in [5, 5.41) is 19.8. The first-order valence-corrected chi connectivity index (χ1v) is 11.0. The highest BCUT2D eigenvalue weighted by Crippen LogP contribution is 2.25. The van der Waals surface area contributed by atoms with E-state index in [9.17, 15) is 14.9 Å². The summed E-state index contributed by atoms with van der Waals surface area (Å²) >= 11 is 0. The predicted octanol–water partition coefficient (Wildman–Crippen LogP) is 5.00. The van der Waals surface area contributed by atoms with Crippen LogP contribution in [0.25, 0.3) is 16.9 Å². The molecular weight excluding hydrogens is 446 g/mol. The van der Waals surface area contributed by atoms with Crippen molar-refractivity contribution in [2.45, 2.75) is 13.3 Å². The number of carbonyl (C=O) groups excluding carboxylic acids is 1. The highest BCUT2D eigenvalue weighted by molar-refractivity contribution is 5.96. The Morgan fingerprint density at radius 1 is 1.11 bits per heavy atom. The zero-order chi connectivity index (χ0) is 24.6. The molecule has 1 aromatic heterocycles. The maximum Gasteiger partial charge on any atom is 0.271 e. The molecule has 0 atom stereocenters. The van der Waals surface area contributed by atoms with Gasteiger partial charge in [-0.2, -0.15) is 10.2 Å². The smallest absolute Gasteiger partial charge is 0.271 e. The number of para-hydroxylation sites is 1. The molecule has 0 aliphatic heterocycles. The second kappa shape index (κ2) is 10.9. The number of aromatic nitrogens is 2. The van der Waals surface area contributed by atoms with E-state index in [4.69, 9.17) is 9.84 Å². The highest BCUT2D eigenvalue weighted by atomic mass is 16.6. The summed E-state index contributed by atoms with van der Waals surface area (Å²) in [6.07, 6.45) is 4.24. The van der Waals surface area contributed by atoms with Crippen molar-refractivity contribution in [3.63, 3.8) is 0 Å². The predicted molar refractivity (Wildman–Crippen MR) is 133 cm³/mol. The molecule has 0 aliphatic carbocycles. The van der Waals surface area contributed by atoms with Crippen LogP contribution in [0.5, 0.6) is 5.75 Å². The van der Waals surface area contributed by atoms with Crippen LogP contribution in [-0.4, -0.2) is 33.4 Å². The number of rotatable bonds is 9. The first kappa shape index (κ1) is 23.4. The van der Waals surface area contributed by atoms with Crippen molar-refractivity contribution in [2.75, 3.05) is 6.61 Å². The number of hydrogen-bond donors (Lipinski definition) is 1. The SMILES string of the molecule is CCCOc1ccc(-c2nn(-c3ccccc3)cc2/C=N/NC(=O)c2cccc([N+](=O)[O-])c2)cc1. The molecule has 0 saturated carbocycles. The molecule has 4 rings (SSSR count). The zero-order valence-electron chi connectivity index (χ0n) is 19.0. The maximum absolute atomic E-state index is 12.4. The van der Waals surface area contributed by atoms with Crippen LogP contribution in [0, 0.1) is 10.1 Å². The standard InChI is InChI=1S/C26H23N5O4/c1-2-15-35-24-13-11-19(12-14-24)25-21(18-30(29-25)22-8-4-3-5-9-22)17-27-28-26(32)20-7-6-10-23(16-20)31(33)34/h3-14,16-18H,2,15H2,1H3,(H,28,32)/b27-17+. The Kier molecular flexibility index (Phi) is 7.27. The molecule has 3 aromatic carbocycles. The molecule has 1 amide bonds. The van der Waals surface area contributed by atoms with Crippen LogP contribution in [0.4, 0.5) is 5.69 Å². The number of nitro groups is 1. The van der Waals surface area contributed by atoms with Gasteiger partial charge in [0.15, 0.2) is 0 Å². The Morgan fingerprint density at radius 3 is 2.60 bits per heavy atom. The van der Waals surface area contributed by atoms with Gasteiger partial charge in [0.1, 0.15) is 11.4 Å². The molecule has 0 radical (unpaired) electrons. The van der Waals surface area contributed by atoms with Gasteiger partial charge >= 0.3 is 0 Å². The van der Waals surface area contributed by atoms with Crippen LogP contribution in [-0.2, 0) is 0 Å². The molecule has 0 unspecified atom stereocenters. The van der Waals surface area contributed by atoms with Crippen molar-refractivity contribution in [3.8, 4) is 22.7 Å². The van der Waals surface area contributed by atoms with Gasteiger partial charge in [-0.05, 0) is 48.9 Å². The lowest BCUT2D eigenvalue weighted by molar-refractivity contribution is -0.384. The van der Waals surface area contributed by atoms with Gasteiger partial charge < -0.3 is 4.74 Å². The molecule has 9 nitrogen and oxygen atoms in total. The summed E-state index contributed by atoms with van der Waals surface area (Å²) in [7, 11) is 0. The summed E-state index contributed by atoms with van der Waals surface area (Å²) in [4.78, 5) is 22.8. The summed E-state index contributed by atoms with van der Waals surface area (Å²) in [6, 6.07) is 22.7. The van der Waals surface area contributed by atoms with Crippen molar-refractivity contribution in [3.05, 3.63) is 106 Å². The first-order valence-electron chi connectivity index (χ1n) is 11.0. The molecule has 0 spiro atoms. The second-order valence-electron chi connectivity index (χ2n) is 7.59. The van der Waals surface area contributed by atoms with Crippen LogP contribution >= 0.6 is 0 Å².